The molecule has 1 atom stereocenters. The summed E-state index contributed by atoms with van der Waals surface area (Å²) in [5.41, 5.74) is 6.41. The van der Waals surface area contributed by atoms with Gasteiger partial charge in [0.15, 0.2) is 0 Å². The third kappa shape index (κ3) is 3.16. The monoisotopic (exact) mass is 263 g/mol. The van der Waals surface area contributed by atoms with Crippen molar-refractivity contribution in [3.05, 3.63) is 33.4 Å². The number of aliphatic hydroxyl groups is 1. The van der Waals surface area contributed by atoms with Crippen LogP contribution in [-0.2, 0) is 0 Å². The van der Waals surface area contributed by atoms with Crippen LogP contribution < -0.4 is 5.32 Å². The topological polar surface area (TPSA) is 49.3 Å². The minimum Gasteiger partial charge on any atom is -0.391 e. The first kappa shape index (κ1) is 15.7. The number of aliphatic hydroxyl groups excluding tert-OH is 1. The van der Waals surface area contributed by atoms with Crippen molar-refractivity contribution in [2.24, 2.45) is 0 Å². The number of carbonyl (C=O) groups excluding carboxylic acids is 1. The molecule has 1 aromatic rings. The highest BCUT2D eigenvalue weighted by Crippen LogP contribution is 2.25. The van der Waals surface area contributed by atoms with Crippen molar-refractivity contribution in [2.75, 3.05) is 6.54 Å². The van der Waals surface area contributed by atoms with Crippen LogP contribution in [-0.4, -0.2) is 23.7 Å². The van der Waals surface area contributed by atoms with Gasteiger partial charge in [0.2, 0.25) is 0 Å². The van der Waals surface area contributed by atoms with E-state index >= 15 is 0 Å². The maximum Gasteiger partial charge on any atom is 0.251 e. The minimum atomic E-state index is -0.475. The highest BCUT2D eigenvalue weighted by Gasteiger charge is 2.18. The second kappa shape index (κ2) is 6.20. The second-order valence-electron chi connectivity index (χ2n) is 5.27. The molecular formula is C16H25NO2. The molecule has 1 unspecified atom stereocenters. The molecule has 0 spiro atoms. The molecule has 0 heterocycles. The van der Waals surface area contributed by atoms with Gasteiger partial charge >= 0.3 is 0 Å². The first-order valence-electron chi connectivity index (χ1n) is 6.84. The lowest BCUT2D eigenvalue weighted by atomic mass is 9.89. The van der Waals surface area contributed by atoms with Crippen LogP contribution in [0.2, 0.25) is 0 Å². The number of carbonyl (C=O) groups is 1. The van der Waals surface area contributed by atoms with Crippen molar-refractivity contribution in [3.63, 3.8) is 0 Å². The Balaban J connectivity index is 3.10. The number of amides is 1. The van der Waals surface area contributed by atoms with Crippen LogP contribution in [0.25, 0.3) is 0 Å². The Bertz CT molecular complexity index is 463. The molecule has 0 aliphatic rings. The lowest BCUT2D eigenvalue weighted by molar-refractivity contribution is 0.0912. The lowest BCUT2D eigenvalue weighted by Gasteiger charge is -2.19. The van der Waals surface area contributed by atoms with E-state index in [0.717, 1.165) is 16.7 Å². The van der Waals surface area contributed by atoms with Gasteiger partial charge < -0.3 is 10.4 Å². The average Bonchev–Trinajstić information content (AvgIpc) is 2.40. The zero-order valence-electron chi connectivity index (χ0n) is 12.8. The fraction of sp³-hybridized carbons (Fsp3) is 0.562. The summed E-state index contributed by atoms with van der Waals surface area (Å²) in [6.45, 7) is 12.4. The van der Waals surface area contributed by atoms with E-state index in [1.165, 1.54) is 16.7 Å². The van der Waals surface area contributed by atoms with Gasteiger partial charge in [0.25, 0.3) is 5.91 Å². The molecule has 0 aromatic heterocycles. The summed E-state index contributed by atoms with van der Waals surface area (Å²) in [6.07, 6.45) is 0.168. The molecular weight excluding hydrogens is 238 g/mol. The van der Waals surface area contributed by atoms with Gasteiger partial charge in [-0.2, -0.15) is 0 Å². The lowest BCUT2D eigenvalue weighted by Crippen LogP contribution is -2.33. The number of rotatable bonds is 4. The molecule has 19 heavy (non-hydrogen) atoms. The maximum absolute atomic E-state index is 12.3. The van der Waals surface area contributed by atoms with Crippen molar-refractivity contribution in [1.82, 2.24) is 5.32 Å². The first-order chi connectivity index (χ1) is 8.81. The second-order valence-corrected chi connectivity index (χ2v) is 5.27. The molecule has 1 aromatic carbocycles. The van der Waals surface area contributed by atoms with Gasteiger partial charge in [0, 0.05) is 12.1 Å². The Morgan fingerprint density at radius 3 is 1.84 bits per heavy atom. The Morgan fingerprint density at radius 2 is 1.42 bits per heavy atom. The number of benzene rings is 1. The van der Waals surface area contributed by atoms with Crippen molar-refractivity contribution in [1.29, 1.82) is 0 Å². The van der Waals surface area contributed by atoms with Gasteiger partial charge in [0.1, 0.15) is 0 Å². The van der Waals surface area contributed by atoms with E-state index < -0.39 is 6.10 Å². The number of hydrogen-bond acceptors (Lipinski definition) is 2. The van der Waals surface area contributed by atoms with Crippen LogP contribution in [0.1, 0.15) is 51.5 Å². The summed E-state index contributed by atoms with van der Waals surface area (Å²) in [4.78, 5) is 12.3. The molecule has 0 saturated carbocycles. The quantitative estimate of drug-likeness (QED) is 0.877. The van der Waals surface area contributed by atoms with Crippen LogP contribution in [0.3, 0.4) is 0 Å². The molecule has 3 nitrogen and oxygen atoms in total. The molecule has 0 bridgehead atoms. The smallest absolute Gasteiger partial charge is 0.251 e. The predicted octanol–water partition coefficient (Wildman–Crippen LogP) is 2.73. The van der Waals surface area contributed by atoms with Gasteiger partial charge in [-0.05, 0) is 68.9 Å². The average molecular weight is 263 g/mol. The third-order valence-corrected chi connectivity index (χ3v) is 4.20. The predicted molar refractivity (Wildman–Crippen MR) is 78.8 cm³/mol. The van der Waals surface area contributed by atoms with Crippen LogP contribution in [0.15, 0.2) is 0 Å². The van der Waals surface area contributed by atoms with E-state index in [-0.39, 0.29) is 5.91 Å². The molecule has 0 saturated heterocycles. The number of hydrogen-bond donors (Lipinski definition) is 2. The van der Waals surface area contributed by atoms with E-state index in [4.69, 9.17) is 0 Å². The standard InChI is InChI=1S/C16H25NO2/c1-7-14(18)8-17-16(19)15-12(5)10(3)9(2)11(4)13(15)6/h14,18H,7-8H2,1-6H3,(H,17,19). The van der Waals surface area contributed by atoms with Crippen LogP contribution >= 0.6 is 0 Å². The van der Waals surface area contributed by atoms with Crippen molar-refractivity contribution < 1.29 is 9.90 Å². The van der Waals surface area contributed by atoms with Crippen molar-refractivity contribution >= 4 is 5.91 Å². The fourth-order valence-corrected chi connectivity index (χ4v) is 2.28. The van der Waals surface area contributed by atoms with E-state index in [1.54, 1.807) is 0 Å². The Labute approximate surface area is 116 Å². The van der Waals surface area contributed by atoms with Gasteiger partial charge in [-0.15, -0.1) is 0 Å². The summed E-state index contributed by atoms with van der Waals surface area (Å²) < 4.78 is 0. The molecule has 1 amide bonds. The summed E-state index contributed by atoms with van der Waals surface area (Å²) in [6, 6.07) is 0. The van der Waals surface area contributed by atoms with E-state index in [9.17, 15) is 9.90 Å². The van der Waals surface area contributed by atoms with E-state index in [0.29, 0.717) is 13.0 Å². The summed E-state index contributed by atoms with van der Waals surface area (Å²) in [7, 11) is 0. The first-order valence-corrected chi connectivity index (χ1v) is 6.84. The zero-order chi connectivity index (χ0) is 14.7. The van der Waals surface area contributed by atoms with Crippen LogP contribution in [0.4, 0.5) is 0 Å². The molecule has 1 rings (SSSR count). The molecule has 3 heteroatoms. The summed E-state index contributed by atoms with van der Waals surface area (Å²) in [5, 5.41) is 12.3. The minimum absolute atomic E-state index is 0.0892. The van der Waals surface area contributed by atoms with Crippen LogP contribution in [0.5, 0.6) is 0 Å². The Hall–Kier alpha value is -1.35. The number of nitrogens with one attached hydrogen (secondary N) is 1. The maximum atomic E-state index is 12.3. The highest BCUT2D eigenvalue weighted by atomic mass is 16.3. The largest absolute Gasteiger partial charge is 0.391 e. The van der Waals surface area contributed by atoms with E-state index in [2.05, 4.69) is 26.1 Å². The summed E-state index contributed by atoms with van der Waals surface area (Å²) >= 11 is 0. The van der Waals surface area contributed by atoms with Gasteiger partial charge in [-0.3, -0.25) is 4.79 Å². The van der Waals surface area contributed by atoms with Crippen molar-refractivity contribution in [2.45, 2.75) is 54.1 Å². The molecule has 0 radical (unpaired) electrons. The Morgan fingerprint density at radius 1 is 1.00 bits per heavy atom. The molecule has 0 fully saturated rings. The van der Waals surface area contributed by atoms with Crippen molar-refractivity contribution in [3.8, 4) is 0 Å². The molecule has 106 valence electrons. The molecule has 0 aliphatic heterocycles. The summed E-state index contributed by atoms with van der Waals surface area (Å²) in [5.74, 6) is -0.0892. The van der Waals surface area contributed by atoms with Gasteiger partial charge in [0.05, 0.1) is 6.10 Å². The SMILES string of the molecule is CCC(O)CNC(=O)c1c(C)c(C)c(C)c(C)c1C. The van der Waals surface area contributed by atoms with Gasteiger partial charge in [-0.25, -0.2) is 0 Å². The van der Waals surface area contributed by atoms with Crippen LogP contribution in [0, 0.1) is 34.6 Å². The van der Waals surface area contributed by atoms with E-state index in [1.807, 2.05) is 20.8 Å². The molecule has 2 N–H and O–H groups in total. The highest BCUT2D eigenvalue weighted by molar-refractivity contribution is 5.98. The normalized spacial score (nSPS) is 12.4. The third-order valence-electron chi connectivity index (χ3n) is 4.20. The molecule has 0 aliphatic carbocycles. The Kier molecular flexibility index (Phi) is 5.12. The fourth-order valence-electron chi connectivity index (χ4n) is 2.28. The van der Waals surface area contributed by atoms with Gasteiger partial charge in [-0.1, -0.05) is 6.92 Å². The zero-order valence-corrected chi connectivity index (χ0v) is 12.8.